The van der Waals surface area contributed by atoms with Gasteiger partial charge in [0.1, 0.15) is 11.6 Å². The Hall–Kier alpha value is -2.62. The number of phenols is 1. The van der Waals surface area contributed by atoms with Gasteiger partial charge in [-0.15, -0.1) is 0 Å². The molecule has 0 unspecified atom stereocenters. The zero-order chi connectivity index (χ0) is 14.1. The number of aromatic hydroxyl groups is 1. The summed E-state index contributed by atoms with van der Waals surface area (Å²) < 4.78 is 1.60. The third-order valence-corrected chi connectivity index (χ3v) is 3.27. The summed E-state index contributed by atoms with van der Waals surface area (Å²) in [4.78, 5) is 17.2. The monoisotopic (exact) mass is 266 g/mol. The SMILES string of the molecule is CCc1nc2ccccc2c(=O)n1-c1ccc(O)cc1. The lowest BCUT2D eigenvalue weighted by Crippen LogP contribution is -2.23. The minimum Gasteiger partial charge on any atom is -0.508 e. The first-order chi connectivity index (χ1) is 9.70. The summed E-state index contributed by atoms with van der Waals surface area (Å²) in [6.45, 7) is 1.97. The third kappa shape index (κ3) is 1.95. The highest BCUT2D eigenvalue weighted by Gasteiger charge is 2.10. The lowest BCUT2D eigenvalue weighted by atomic mass is 10.2. The average molecular weight is 266 g/mol. The van der Waals surface area contributed by atoms with Crippen molar-refractivity contribution in [2.24, 2.45) is 0 Å². The van der Waals surface area contributed by atoms with Crippen LogP contribution in [0.15, 0.2) is 53.3 Å². The number of benzene rings is 2. The van der Waals surface area contributed by atoms with E-state index in [-0.39, 0.29) is 11.3 Å². The van der Waals surface area contributed by atoms with E-state index in [0.717, 1.165) is 0 Å². The molecule has 1 aromatic heterocycles. The molecule has 2 aromatic carbocycles. The molecule has 0 atom stereocenters. The smallest absolute Gasteiger partial charge is 0.265 e. The molecule has 20 heavy (non-hydrogen) atoms. The van der Waals surface area contributed by atoms with E-state index in [2.05, 4.69) is 4.98 Å². The molecule has 0 saturated heterocycles. The van der Waals surface area contributed by atoms with Crippen molar-refractivity contribution in [2.75, 3.05) is 0 Å². The molecule has 100 valence electrons. The molecule has 4 heteroatoms. The highest BCUT2D eigenvalue weighted by atomic mass is 16.3. The van der Waals surface area contributed by atoms with Crippen LogP contribution in [0.5, 0.6) is 5.75 Å². The summed E-state index contributed by atoms with van der Waals surface area (Å²) >= 11 is 0. The summed E-state index contributed by atoms with van der Waals surface area (Å²) in [7, 11) is 0. The standard InChI is InChI=1S/C16H14N2O2/c1-2-15-17-14-6-4-3-5-13(14)16(20)18(15)11-7-9-12(19)10-8-11/h3-10,19H,2H2,1H3. The van der Waals surface area contributed by atoms with Crippen LogP contribution in [0.1, 0.15) is 12.7 Å². The second-order valence-corrected chi connectivity index (χ2v) is 4.56. The van der Waals surface area contributed by atoms with Crippen molar-refractivity contribution in [2.45, 2.75) is 13.3 Å². The van der Waals surface area contributed by atoms with Crippen LogP contribution < -0.4 is 5.56 Å². The highest BCUT2D eigenvalue weighted by Crippen LogP contribution is 2.16. The molecule has 0 bridgehead atoms. The van der Waals surface area contributed by atoms with E-state index in [0.29, 0.717) is 28.8 Å². The van der Waals surface area contributed by atoms with Crippen molar-refractivity contribution in [1.82, 2.24) is 9.55 Å². The molecule has 0 aliphatic carbocycles. The van der Waals surface area contributed by atoms with Crippen molar-refractivity contribution < 1.29 is 5.11 Å². The van der Waals surface area contributed by atoms with Gasteiger partial charge in [0.05, 0.1) is 16.6 Å². The molecule has 0 aliphatic heterocycles. The number of phenolic OH excluding ortho intramolecular Hbond substituents is 1. The van der Waals surface area contributed by atoms with E-state index < -0.39 is 0 Å². The van der Waals surface area contributed by atoms with Crippen LogP contribution in [0, 0.1) is 0 Å². The quantitative estimate of drug-likeness (QED) is 0.775. The molecule has 0 aliphatic rings. The van der Waals surface area contributed by atoms with Crippen LogP contribution in [0.25, 0.3) is 16.6 Å². The Kier molecular flexibility index (Phi) is 2.99. The van der Waals surface area contributed by atoms with Crippen LogP contribution in [0.4, 0.5) is 0 Å². The summed E-state index contributed by atoms with van der Waals surface area (Å²) in [5.74, 6) is 0.882. The van der Waals surface area contributed by atoms with E-state index in [1.807, 2.05) is 25.1 Å². The van der Waals surface area contributed by atoms with Gasteiger partial charge < -0.3 is 5.11 Å². The molecule has 3 aromatic rings. The van der Waals surface area contributed by atoms with Crippen LogP contribution in [0.3, 0.4) is 0 Å². The van der Waals surface area contributed by atoms with Gasteiger partial charge in [-0.2, -0.15) is 0 Å². The fourth-order valence-electron chi connectivity index (χ4n) is 2.28. The second-order valence-electron chi connectivity index (χ2n) is 4.56. The Morgan fingerprint density at radius 3 is 2.50 bits per heavy atom. The predicted octanol–water partition coefficient (Wildman–Crippen LogP) is 2.65. The van der Waals surface area contributed by atoms with Gasteiger partial charge in [-0.25, -0.2) is 4.98 Å². The highest BCUT2D eigenvalue weighted by molar-refractivity contribution is 5.77. The number of hydrogen-bond donors (Lipinski definition) is 1. The van der Waals surface area contributed by atoms with Gasteiger partial charge in [0, 0.05) is 6.42 Å². The third-order valence-electron chi connectivity index (χ3n) is 3.27. The molecule has 1 N–H and O–H groups in total. The van der Waals surface area contributed by atoms with Gasteiger partial charge in [-0.1, -0.05) is 19.1 Å². The molecule has 0 spiro atoms. The largest absolute Gasteiger partial charge is 0.508 e. The first kappa shape index (κ1) is 12.4. The van der Waals surface area contributed by atoms with Crippen molar-refractivity contribution in [1.29, 1.82) is 0 Å². The van der Waals surface area contributed by atoms with Crippen molar-refractivity contribution in [3.8, 4) is 11.4 Å². The lowest BCUT2D eigenvalue weighted by Gasteiger charge is -2.12. The predicted molar refractivity (Wildman–Crippen MR) is 78.4 cm³/mol. The maximum Gasteiger partial charge on any atom is 0.265 e. The van der Waals surface area contributed by atoms with Crippen molar-refractivity contribution >= 4 is 10.9 Å². The molecular weight excluding hydrogens is 252 g/mol. The number of hydrogen-bond acceptors (Lipinski definition) is 3. The van der Waals surface area contributed by atoms with E-state index in [1.165, 1.54) is 0 Å². The lowest BCUT2D eigenvalue weighted by molar-refractivity contribution is 0.475. The summed E-state index contributed by atoms with van der Waals surface area (Å²) in [5, 5.41) is 9.96. The van der Waals surface area contributed by atoms with Crippen LogP contribution >= 0.6 is 0 Å². The van der Waals surface area contributed by atoms with Gasteiger partial charge in [0.2, 0.25) is 0 Å². The summed E-state index contributed by atoms with van der Waals surface area (Å²) in [6.07, 6.45) is 0.654. The number of rotatable bonds is 2. The van der Waals surface area contributed by atoms with Gasteiger partial charge >= 0.3 is 0 Å². The number of aryl methyl sites for hydroxylation is 1. The Labute approximate surface area is 116 Å². The van der Waals surface area contributed by atoms with E-state index in [1.54, 1.807) is 34.9 Å². The molecule has 0 amide bonds. The maximum absolute atomic E-state index is 12.7. The minimum atomic E-state index is -0.0851. The number of nitrogens with zero attached hydrogens (tertiary/aromatic N) is 2. The zero-order valence-electron chi connectivity index (χ0n) is 11.1. The molecule has 0 saturated carbocycles. The van der Waals surface area contributed by atoms with Gasteiger partial charge in [-0.05, 0) is 36.4 Å². The van der Waals surface area contributed by atoms with Crippen LogP contribution in [-0.4, -0.2) is 14.7 Å². The van der Waals surface area contributed by atoms with Gasteiger partial charge in [0.15, 0.2) is 0 Å². The Balaban J connectivity index is 2.36. The van der Waals surface area contributed by atoms with E-state index in [4.69, 9.17) is 0 Å². The van der Waals surface area contributed by atoms with Gasteiger partial charge in [-0.3, -0.25) is 9.36 Å². The summed E-state index contributed by atoms with van der Waals surface area (Å²) in [5.41, 5.74) is 1.34. The molecule has 1 heterocycles. The van der Waals surface area contributed by atoms with Crippen LogP contribution in [0.2, 0.25) is 0 Å². The summed E-state index contributed by atoms with van der Waals surface area (Å²) in [6, 6.07) is 13.9. The Morgan fingerprint density at radius 1 is 1.10 bits per heavy atom. The first-order valence-electron chi connectivity index (χ1n) is 6.51. The molecule has 0 fully saturated rings. The molecule has 0 radical (unpaired) electrons. The normalized spacial score (nSPS) is 10.8. The molecular formula is C16H14N2O2. The molecule has 4 nitrogen and oxygen atoms in total. The Morgan fingerprint density at radius 2 is 1.80 bits per heavy atom. The van der Waals surface area contributed by atoms with Gasteiger partial charge in [0.25, 0.3) is 5.56 Å². The number of fused-ring (bicyclic) bond motifs is 1. The first-order valence-corrected chi connectivity index (χ1v) is 6.51. The number of para-hydroxylation sites is 1. The topological polar surface area (TPSA) is 55.1 Å². The fourth-order valence-corrected chi connectivity index (χ4v) is 2.28. The minimum absolute atomic E-state index is 0.0851. The molecule has 3 rings (SSSR count). The average Bonchev–Trinajstić information content (AvgIpc) is 2.48. The second kappa shape index (κ2) is 4.81. The van der Waals surface area contributed by atoms with E-state index >= 15 is 0 Å². The van der Waals surface area contributed by atoms with E-state index in [9.17, 15) is 9.90 Å². The van der Waals surface area contributed by atoms with Crippen LogP contribution in [-0.2, 0) is 6.42 Å². The van der Waals surface area contributed by atoms with Crippen molar-refractivity contribution in [3.63, 3.8) is 0 Å². The number of aromatic nitrogens is 2. The fraction of sp³-hybridized carbons (Fsp3) is 0.125. The Bertz CT molecular complexity index is 820. The zero-order valence-corrected chi connectivity index (χ0v) is 11.1. The maximum atomic E-state index is 12.7. The van der Waals surface area contributed by atoms with Crippen molar-refractivity contribution in [3.05, 3.63) is 64.7 Å².